The molecular weight excluding hydrogens is 382 g/mol. The highest BCUT2D eigenvalue weighted by atomic mass is 32.2. The van der Waals surface area contributed by atoms with Crippen LogP contribution in [-0.2, 0) is 5.72 Å². The van der Waals surface area contributed by atoms with Gasteiger partial charge in [0.1, 0.15) is 11.4 Å². The maximum atomic E-state index is 12.5. The predicted octanol–water partition coefficient (Wildman–Crippen LogP) is 4.08. The summed E-state index contributed by atoms with van der Waals surface area (Å²) in [7, 11) is 0. The molecule has 28 heavy (non-hydrogen) atoms. The number of rotatable bonds is 4. The molecule has 4 nitrogen and oxygen atoms in total. The third kappa shape index (κ3) is 3.37. The van der Waals surface area contributed by atoms with E-state index in [2.05, 4.69) is 15.4 Å². The van der Waals surface area contributed by atoms with E-state index in [9.17, 15) is 13.9 Å². The van der Waals surface area contributed by atoms with Gasteiger partial charge in [-0.3, -0.25) is 0 Å². The van der Waals surface area contributed by atoms with Crippen LogP contribution in [0.5, 0.6) is 5.75 Å². The first-order chi connectivity index (χ1) is 13.4. The summed E-state index contributed by atoms with van der Waals surface area (Å²) < 4.78 is 31.6. The van der Waals surface area contributed by atoms with Crippen molar-refractivity contribution < 1.29 is 23.2 Å². The zero-order valence-corrected chi connectivity index (χ0v) is 16.7. The van der Waals surface area contributed by atoms with Crippen LogP contribution in [0.1, 0.15) is 23.1 Å². The quantitative estimate of drug-likeness (QED) is 0.778. The molecule has 0 amide bonds. The van der Waals surface area contributed by atoms with Crippen molar-refractivity contribution in [2.75, 3.05) is 23.7 Å². The van der Waals surface area contributed by atoms with Gasteiger partial charge in [0.15, 0.2) is 6.54 Å². The lowest BCUT2D eigenvalue weighted by Gasteiger charge is -2.29. The summed E-state index contributed by atoms with van der Waals surface area (Å²) in [5.74, 6) is 1.09. The number of nitrogens with zero attached hydrogens (tertiary/aromatic N) is 2. The Morgan fingerprint density at radius 2 is 1.93 bits per heavy atom. The molecule has 0 saturated heterocycles. The Balaban J connectivity index is 1.78. The van der Waals surface area contributed by atoms with E-state index >= 15 is 0 Å². The summed E-state index contributed by atoms with van der Waals surface area (Å²) in [5, 5.41) is 12.9. The van der Waals surface area contributed by atoms with Crippen molar-refractivity contribution in [3.63, 3.8) is 0 Å². The minimum absolute atomic E-state index is 0.0816. The van der Waals surface area contributed by atoms with Crippen molar-refractivity contribution in [1.82, 2.24) is 0 Å². The van der Waals surface area contributed by atoms with Gasteiger partial charge in [0.25, 0.3) is 5.72 Å². The standard InChI is InChI=1S/C21H23F2N2O2S/c1-14-4-9-18(15(2)12-14)25-20-24(10-3-11-28-20)13-21(25,26)16-5-7-17(8-6-16)27-19(22)23/h4-9,12,19,26H,3,10-11,13H2,1-2H3/q+1. The van der Waals surface area contributed by atoms with Crippen LogP contribution < -0.4 is 9.64 Å². The van der Waals surface area contributed by atoms with Crippen LogP contribution in [-0.4, -0.2) is 40.3 Å². The summed E-state index contributed by atoms with van der Waals surface area (Å²) >= 11 is 1.74. The molecule has 2 aromatic rings. The molecule has 1 N–H and O–H groups in total. The molecule has 0 fully saturated rings. The maximum absolute atomic E-state index is 12.5. The summed E-state index contributed by atoms with van der Waals surface area (Å²) in [4.78, 5) is 1.99. The van der Waals surface area contributed by atoms with E-state index in [0.29, 0.717) is 12.1 Å². The molecule has 0 radical (unpaired) electrons. The average Bonchev–Trinajstić information content (AvgIpc) is 2.95. The maximum Gasteiger partial charge on any atom is 0.387 e. The Morgan fingerprint density at radius 3 is 2.61 bits per heavy atom. The molecule has 7 heteroatoms. The third-order valence-corrected chi connectivity index (χ3v) is 6.37. The van der Waals surface area contributed by atoms with Gasteiger partial charge in [-0.1, -0.05) is 17.7 Å². The molecule has 0 aliphatic carbocycles. The lowest BCUT2D eigenvalue weighted by molar-refractivity contribution is -0.532. The van der Waals surface area contributed by atoms with Gasteiger partial charge in [-0.05, 0) is 67.9 Å². The summed E-state index contributed by atoms with van der Waals surface area (Å²) in [6.07, 6.45) is 1.06. The Kier molecular flexibility index (Phi) is 5.05. The molecule has 2 aromatic carbocycles. The van der Waals surface area contributed by atoms with Crippen LogP contribution in [0.15, 0.2) is 42.5 Å². The Hall–Kier alpha value is -2.12. The molecule has 0 bridgehead atoms. The molecular formula is C21H23F2N2O2S+. The summed E-state index contributed by atoms with van der Waals surface area (Å²) in [6.45, 7) is 2.53. The SMILES string of the molecule is Cc1ccc(N2C3=[N+](CCCS3)CC2(O)c2ccc(OC(F)F)cc2)c(C)c1. The Labute approximate surface area is 167 Å². The molecule has 0 aromatic heterocycles. The van der Waals surface area contributed by atoms with E-state index in [0.717, 1.165) is 40.7 Å². The molecule has 0 saturated carbocycles. The largest absolute Gasteiger partial charge is 0.435 e. The molecule has 1 unspecified atom stereocenters. The van der Waals surface area contributed by atoms with Crippen LogP contribution in [0, 0.1) is 13.8 Å². The normalized spacial score (nSPS) is 22.0. The van der Waals surface area contributed by atoms with Crippen LogP contribution in [0.2, 0.25) is 0 Å². The van der Waals surface area contributed by atoms with Gasteiger partial charge in [0.05, 0.1) is 6.54 Å². The zero-order valence-electron chi connectivity index (χ0n) is 15.9. The fourth-order valence-electron chi connectivity index (χ4n) is 3.94. The lowest BCUT2D eigenvalue weighted by Crippen LogP contribution is -2.47. The first-order valence-electron chi connectivity index (χ1n) is 9.28. The topological polar surface area (TPSA) is 35.7 Å². The second-order valence-electron chi connectivity index (χ2n) is 7.25. The fraction of sp³-hybridized carbons (Fsp3) is 0.381. The van der Waals surface area contributed by atoms with E-state index in [1.807, 2.05) is 30.9 Å². The number of ether oxygens (including phenoxy) is 1. The highest BCUT2D eigenvalue weighted by Crippen LogP contribution is 2.41. The monoisotopic (exact) mass is 405 g/mol. The number of thioether (sulfide) groups is 1. The number of benzene rings is 2. The zero-order chi connectivity index (χ0) is 19.9. The molecule has 2 heterocycles. The van der Waals surface area contributed by atoms with Gasteiger partial charge in [-0.15, -0.1) is 0 Å². The molecule has 1 atom stereocenters. The number of hydrogen-bond acceptors (Lipinski definition) is 4. The molecule has 4 rings (SSSR count). The van der Waals surface area contributed by atoms with Crippen molar-refractivity contribution in [3.05, 3.63) is 59.2 Å². The van der Waals surface area contributed by atoms with Crippen LogP contribution >= 0.6 is 11.8 Å². The lowest BCUT2D eigenvalue weighted by atomic mass is 9.99. The number of alkyl halides is 2. The van der Waals surface area contributed by atoms with Crippen molar-refractivity contribution in [2.24, 2.45) is 0 Å². The minimum Gasteiger partial charge on any atom is -0.435 e. The van der Waals surface area contributed by atoms with E-state index in [1.165, 1.54) is 12.1 Å². The van der Waals surface area contributed by atoms with Gasteiger partial charge in [0.2, 0.25) is 0 Å². The summed E-state index contributed by atoms with van der Waals surface area (Å²) in [5.41, 5.74) is 2.56. The van der Waals surface area contributed by atoms with Crippen molar-refractivity contribution in [2.45, 2.75) is 32.6 Å². The van der Waals surface area contributed by atoms with Gasteiger partial charge in [-0.25, -0.2) is 4.58 Å². The third-order valence-electron chi connectivity index (χ3n) is 5.18. The van der Waals surface area contributed by atoms with Crippen LogP contribution in [0.4, 0.5) is 14.5 Å². The number of halogens is 2. The van der Waals surface area contributed by atoms with Gasteiger partial charge >= 0.3 is 11.8 Å². The highest BCUT2D eigenvalue weighted by Gasteiger charge is 2.55. The predicted molar refractivity (Wildman–Crippen MR) is 107 cm³/mol. The second-order valence-corrected chi connectivity index (χ2v) is 8.31. The number of aliphatic hydroxyl groups is 1. The van der Waals surface area contributed by atoms with E-state index in [1.54, 1.807) is 23.9 Å². The molecule has 0 spiro atoms. The van der Waals surface area contributed by atoms with E-state index in [4.69, 9.17) is 0 Å². The molecule has 2 aliphatic heterocycles. The minimum atomic E-state index is -2.87. The van der Waals surface area contributed by atoms with Crippen LogP contribution in [0.3, 0.4) is 0 Å². The molecule has 2 aliphatic rings. The van der Waals surface area contributed by atoms with Gasteiger partial charge in [0, 0.05) is 11.3 Å². The molecule has 148 valence electrons. The number of hydrogen-bond donors (Lipinski definition) is 1. The smallest absolute Gasteiger partial charge is 0.387 e. The first-order valence-corrected chi connectivity index (χ1v) is 10.3. The van der Waals surface area contributed by atoms with Crippen LogP contribution in [0.25, 0.3) is 0 Å². The van der Waals surface area contributed by atoms with Crippen molar-refractivity contribution >= 4 is 22.6 Å². The van der Waals surface area contributed by atoms with E-state index < -0.39 is 12.3 Å². The van der Waals surface area contributed by atoms with E-state index in [-0.39, 0.29) is 5.75 Å². The van der Waals surface area contributed by atoms with Gasteiger partial charge in [-0.2, -0.15) is 13.7 Å². The van der Waals surface area contributed by atoms with Crippen molar-refractivity contribution in [3.8, 4) is 5.75 Å². The first kappa shape index (κ1) is 19.2. The second kappa shape index (κ2) is 7.37. The summed E-state index contributed by atoms with van der Waals surface area (Å²) in [6, 6.07) is 12.5. The fourth-order valence-corrected chi connectivity index (χ4v) is 5.11. The Morgan fingerprint density at radius 1 is 1.18 bits per heavy atom. The van der Waals surface area contributed by atoms with Gasteiger partial charge < -0.3 is 9.84 Å². The Bertz CT molecular complexity index is 917. The number of amidine groups is 1. The number of aryl methyl sites for hydroxylation is 2. The van der Waals surface area contributed by atoms with Crippen molar-refractivity contribution in [1.29, 1.82) is 0 Å². The average molecular weight is 405 g/mol. The highest BCUT2D eigenvalue weighted by molar-refractivity contribution is 8.14. The number of anilines is 1.